The summed E-state index contributed by atoms with van der Waals surface area (Å²) in [6, 6.07) is 0. The fourth-order valence-electron chi connectivity index (χ4n) is 0. The number of hydrogen-bond donors (Lipinski definition) is 1. The maximum atomic E-state index is 8.67. The fourth-order valence-corrected chi connectivity index (χ4v) is 0. The van der Waals surface area contributed by atoms with Crippen molar-refractivity contribution in [3.8, 4) is 0 Å². The molecule has 0 aliphatic carbocycles. The van der Waals surface area contributed by atoms with Gasteiger partial charge >= 0.3 is 26.8 Å². The van der Waals surface area contributed by atoms with Crippen LogP contribution in [0.4, 0.5) is 0 Å². The molecule has 0 aromatic rings. The number of rotatable bonds is 0. The van der Waals surface area contributed by atoms with Gasteiger partial charge in [0.1, 0.15) is 0 Å². The van der Waals surface area contributed by atoms with Crippen LogP contribution in [0.15, 0.2) is 0 Å². The van der Waals surface area contributed by atoms with Crippen LogP contribution in [0.1, 0.15) is 0 Å². The summed E-state index contributed by atoms with van der Waals surface area (Å²) in [7, 11) is 0. The molecule has 0 radical (unpaired) electrons. The van der Waals surface area contributed by atoms with E-state index in [1.165, 1.54) is 0 Å². The van der Waals surface area contributed by atoms with Gasteiger partial charge in [0.25, 0.3) is 0 Å². The summed E-state index contributed by atoms with van der Waals surface area (Å²) in [5, 5.41) is 37.5. The zero-order valence-corrected chi connectivity index (χ0v) is 8.79. The minimum absolute atomic E-state index is 3.69. The Morgan fingerprint density at radius 2 is 0.562 bits per heavy atom. The molecule has 0 unspecified atom stereocenters. The van der Waals surface area contributed by atoms with E-state index in [2.05, 4.69) is 0 Å². The summed E-state index contributed by atoms with van der Waals surface area (Å²) in [5.41, 5.74) is 0. The van der Waals surface area contributed by atoms with Gasteiger partial charge in [0.2, 0.25) is 0 Å². The molecule has 0 rings (SSSR count). The third-order valence-corrected chi connectivity index (χ3v) is 0. The van der Waals surface area contributed by atoms with E-state index in [1.807, 2.05) is 0 Å². The second-order valence-corrected chi connectivity index (χ2v) is 0.981. The van der Waals surface area contributed by atoms with Gasteiger partial charge in [0.05, 0.1) is 0 Å². The van der Waals surface area contributed by atoms with Crippen LogP contribution in [0, 0.1) is 71.0 Å². The van der Waals surface area contributed by atoms with E-state index in [1.54, 1.807) is 0 Å². The molecule has 16 heavy (non-hydrogen) atoms. The second-order valence-electron chi connectivity index (χ2n) is 0.238. The molecule has 0 heterocycles. The van der Waals surface area contributed by atoms with Crippen LogP contribution in [0.5, 0.6) is 0 Å². The third-order valence-electron chi connectivity index (χ3n) is 0. The van der Waals surface area contributed by atoms with Crippen molar-refractivity contribution in [2.45, 2.75) is 0 Å². The molecule has 0 aromatic carbocycles. The Morgan fingerprint density at radius 1 is 0.562 bits per heavy atom. The van der Waals surface area contributed by atoms with E-state index in [-0.39, 0.29) is 0 Å². The van der Waals surface area contributed by atoms with Crippen LogP contribution >= 0.6 is 0 Å². The number of hydrogen-bond acceptors (Lipinski definition) is 8. The van der Waals surface area contributed by atoms with Crippen LogP contribution in [0.2, 0.25) is 0 Å². The molecule has 0 aliphatic rings. The summed E-state index contributed by atoms with van der Waals surface area (Å²) in [5.74, 6) is 0. The number of nitrogens with zero attached hydrogens (tertiary/aromatic N) is 6. The van der Waals surface area contributed by atoms with E-state index < -0.39 is 15.4 Å². The van der Waals surface area contributed by atoms with Crippen molar-refractivity contribution in [1.29, 1.82) is 31.6 Å². The Labute approximate surface area is 98.2 Å². The van der Waals surface area contributed by atoms with Gasteiger partial charge in [-0.25, -0.2) is 0 Å². The van der Waals surface area contributed by atoms with E-state index in [9.17, 15) is 0 Å². The molecule has 0 spiro atoms. The van der Waals surface area contributed by atoms with E-state index in [0.717, 1.165) is 0 Å². The summed E-state index contributed by atoms with van der Waals surface area (Å²) >= 11 is -3.69. The molecule has 9 nitrogen and oxygen atoms in total. The molecule has 0 saturated heterocycles. The monoisotopic (exact) mass is 256 g/mol. The van der Waals surface area contributed by atoms with Crippen molar-refractivity contribution in [3.63, 3.8) is 0 Å². The summed E-state index contributed by atoms with van der Waals surface area (Å²) < 4.78 is 24.4. The summed E-state index contributed by atoms with van der Waals surface area (Å²) in [4.78, 5) is 0. The van der Waals surface area contributed by atoms with E-state index in [4.69, 9.17) is 82.4 Å². The van der Waals surface area contributed by atoms with Gasteiger partial charge in [-0.15, -0.1) is 0 Å². The molecule has 0 aliphatic heterocycles. The van der Waals surface area contributed by atoms with Crippen molar-refractivity contribution in [1.82, 2.24) is 0 Å². The SMILES string of the molecule is [C-]#N.[C-]#N.[C-]#N.[C-]#N.[C-]#N.[C-]#N.[O]=[V](=[O])[OH]. The standard InChI is InChI=1S/6CN.H2O.2O.V/c6*1-2;;;;/h;;;;;;1H2;;;/q6*-1;;;;+1/p-1. The summed E-state index contributed by atoms with van der Waals surface area (Å²) in [6.07, 6.45) is 0. The van der Waals surface area contributed by atoms with E-state index >= 15 is 0 Å². The van der Waals surface area contributed by atoms with E-state index in [0.29, 0.717) is 0 Å². The van der Waals surface area contributed by atoms with Crippen LogP contribution in [-0.4, -0.2) is 4.03 Å². The molecule has 10 heteroatoms. The first kappa shape index (κ1) is 51.6. The average Bonchev–Trinajstić information content (AvgIpc) is 2.42. The quantitative estimate of drug-likeness (QED) is 0.568. The predicted octanol–water partition coefficient (Wildman–Crippen LogP) is -0.219. The topological polar surface area (TPSA) is 197 Å². The first-order valence-electron chi connectivity index (χ1n) is 1.91. The molecule has 0 saturated carbocycles. The van der Waals surface area contributed by atoms with Crippen molar-refractivity contribution >= 4 is 0 Å². The second kappa shape index (κ2) is 208000. The van der Waals surface area contributed by atoms with Gasteiger partial charge in [-0.2, -0.15) is 0 Å². The van der Waals surface area contributed by atoms with Crippen molar-refractivity contribution < 1.29 is 26.8 Å². The third kappa shape index (κ3) is 133. The molecule has 0 bridgehead atoms. The van der Waals surface area contributed by atoms with Crippen LogP contribution in [-0.2, 0) is 22.7 Å². The zero-order valence-electron chi connectivity index (χ0n) is 7.39. The van der Waals surface area contributed by atoms with Gasteiger partial charge in [-0.1, -0.05) is 0 Å². The van der Waals surface area contributed by atoms with Crippen molar-refractivity contribution in [2.75, 3.05) is 0 Å². The van der Waals surface area contributed by atoms with Gasteiger partial charge in [0, 0.05) is 0 Å². The summed E-state index contributed by atoms with van der Waals surface area (Å²) in [6.45, 7) is 28.5. The first-order valence-corrected chi connectivity index (χ1v) is 3.67. The zero-order chi connectivity index (χ0) is 15.6. The van der Waals surface area contributed by atoms with Gasteiger partial charge in [0.15, 0.2) is 0 Å². The molecule has 0 amide bonds. The molecule has 0 aromatic heterocycles. The van der Waals surface area contributed by atoms with Crippen molar-refractivity contribution in [3.05, 3.63) is 39.4 Å². The van der Waals surface area contributed by atoms with Gasteiger partial charge in [-0.3, -0.25) is 0 Å². The fraction of sp³-hybridized carbons (Fsp3) is 0. The molecule has 0 atom stereocenters. The minimum atomic E-state index is -3.69. The first-order chi connectivity index (χ1) is 7.73. The Balaban J connectivity index is -0.0000000122. The Bertz CT molecular complexity index is 204. The molecule has 84 valence electrons. The Hall–Kier alpha value is -2.92. The average molecular weight is 256 g/mol. The Kier molecular flexibility index (Phi) is 672000. The molecular formula is C6HN6O3V-6. The van der Waals surface area contributed by atoms with Crippen LogP contribution < -0.4 is 0 Å². The van der Waals surface area contributed by atoms with Crippen LogP contribution in [0.3, 0.4) is 0 Å². The normalized spacial score (nSPS) is 2.31. The Morgan fingerprint density at radius 3 is 0.562 bits per heavy atom. The van der Waals surface area contributed by atoms with Gasteiger partial charge in [-0.05, 0) is 0 Å². The molecular weight excluding hydrogens is 255 g/mol. The predicted molar refractivity (Wildman–Crippen MR) is 33.4 cm³/mol. The van der Waals surface area contributed by atoms with Crippen molar-refractivity contribution in [2.24, 2.45) is 0 Å². The molecule has 1 N–H and O–H groups in total. The van der Waals surface area contributed by atoms with Gasteiger partial charge < -0.3 is 71.0 Å². The maximum absolute atomic E-state index is 8.67. The molecule has 0 fully saturated rings. The van der Waals surface area contributed by atoms with Crippen LogP contribution in [0.25, 0.3) is 0 Å².